The summed E-state index contributed by atoms with van der Waals surface area (Å²) in [6.07, 6.45) is 5.07. The van der Waals surface area contributed by atoms with Gasteiger partial charge in [0.05, 0.1) is 12.2 Å². The molecule has 0 saturated carbocycles. The Morgan fingerprint density at radius 3 is 2.76 bits per heavy atom. The Morgan fingerprint density at radius 1 is 1.29 bits per heavy atom. The van der Waals surface area contributed by atoms with Crippen LogP contribution >= 0.6 is 0 Å². The number of aryl methyl sites for hydroxylation is 1. The van der Waals surface area contributed by atoms with Gasteiger partial charge in [-0.05, 0) is 58.3 Å². The Morgan fingerprint density at radius 2 is 2.05 bits per heavy atom. The van der Waals surface area contributed by atoms with Crippen molar-refractivity contribution >= 4 is 0 Å². The lowest BCUT2D eigenvalue weighted by atomic mass is 10.2. The van der Waals surface area contributed by atoms with Crippen molar-refractivity contribution in [3.05, 3.63) is 29.6 Å². The molecular weight excluding hydrogens is 262 g/mol. The summed E-state index contributed by atoms with van der Waals surface area (Å²) in [4.78, 5) is 6.84. The number of aromatic nitrogens is 1. The molecule has 1 saturated heterocycles. The minimum absolute atomic E-state index is 0.375. The van der Waals surface area contributed by atoms with Crippen LogP contribution in [-0.4, -0.2) is 48.3 Å². The number of nitrogens with one attached hydrogen (secondary N) is 1. The van der Waals surface area contributed by atoms with Gasteiger partial charge in [0.15, 0.2) is 0 Å². The fraction of sp³-hybridized carbons (Fsp3) is 0.706. The summed E-state index contributed by atoms with van der Waals surface area (Å²) in [5.74, 6) is 0. The van der Waals surface area contributed by atoms with E-state index in [4.69, 9.17) is 4.74 Å². The first-order valence-electron chi connectivity index (χ1n) is 8.14. The fourth-order valence-corrected chi connectivity index (χ4v) is 2.98. The van der Waals surface area contributed by atoms with Crippen LogP contribution in [0.4, 0.5) is 0 Å². The SMILES string of the molecule is Cc1ncccc1CNCCCCN1C[C@@H](C)O[C@H](C)C1. The lowest BCUT2D eigenvalue weighted by molar-refractivity contribution is -0.0681. The Bertz CT molecular complexity index is 414. The maximum atomic E-state index is 5.76. The van der Waals surface area contributed by atoms with Crippen LogP contribution < -0.4 is 5.32 Å². The van der Waals surface area contributed by atoms with Crippen molar-refractivity contribution < 1.29 is 4.74 Å². The van der Waals surface area contributed by atoms with Gasteiger partial charge in [-0.2, -0.15) is 0 Å². The largest absolute Gasteiger partial charge is 0.373 e. The Hall–Kier alpha value is -0.970. The molecule has 0 spiro atoms. The standard InChI is InChI=1S/C17H29N3O/c1-14-12-20(13-15(2)21-14)10-5-4-8-18-11-17-7-6-9-19-16(17)3/h6-7,9,14-15,18H,4-5,8,10-13H2,1-3H3/t14-,15-/m1/s1. The van der Waals surface area contributed by atoms with Crippen LogP contribution in [0.3, 0.4) is 0 Å². The molecule has 118 valence electrons. The maximum absolute atomic E-state index is 5.76. The van der Waals surface area contributed by atoms with Gasteiger partial charge in [-0.15, -0.1) is 0 Å². The van der Waals surface area contributed by atoms with Gasteiger partial charge in [-0.1, -0.05) is 6.07 Å². The van der Waals surface area contributed by atoms with Crippen molar-refractivity contribution in [3.63, 3.8) is 0 Å². The summed E-state index contributed by atoms with van der Waals surface area (Å²) in [7, 11) is 0. The molecule has 0 unspecified atom stereocenters. The van der Waals surface area contributed by atoms with Crippen LogP contribution in [0.15, 0.2) is 18.3 Å². The zero-order valence-electron chi connectivity index (χ0n) is 13.6. The molecule has 0 aromatic carbocycles. The first-order chi connectivity index (χ1) is 10.1. The van der Waals surface area contributed by atoms with E-state index < -0.39 is 0 Å². The molecule has 21 heavy (non-hydrogen) atoms. The van der Waals surface area contributed by atoms with Crippen molar-refractivity contribution in [1.29, 1.82) is 0 Å². The van der Waals surface area contributed by atoms with Gasteiger partial charge in [-0.3, -0.25) is 9.88 Å². The molecule has 1 aliphatic heterocycles. The van der Waals surface area contributed by atoms with Gasteiger partial charge in [0.2, 0.25) is 0 Å². The molecule has 1 N–H and O–H groups in total. The maximum Gasteiger partial charge on any atom is 0.0678 e. The topological polar surface area (TPSA) is 37.4 Å². The highest BCUT2D eigenvalue weighted by atomic mass is 16.5. The van der Waals surface area contributed by atoms with Crippen molar-refractivity contribution in [3.8, 4) is 0 Å². The van der Waals surface area contributed by atoms with E-state index in [9.17, 15) is 0 Å². The molecule has 2 heterocycles. The van der Waals surface area contributed by atoms with Crippen molar-refractivity contribution in [1.82, 2.24) is 15.2 Å². The third-order valence-electron chi connectivity index (χ3n) is 4.00. The molecule has 0 radical (unpaired) electrons. The summed E-state index contributed by atoms with van der Waals surface area (Å²) >= 11 is 0. The molecule has 4 heteroatoms. The Balaban J connectivity index is 1.55. The molecule has 0 amide bonds. The molecule has 1 aromatic heterocycles. The number of morpholine rings is 1. The van der Waals surface area contributed by atoms with E-state index in [-0.39, 0.29) is 0 Å². The highest BCUT2D eigenvalue weighted by Gasteiger charge is 2.21. The van der Waals surface area contributed by atoms with Crippen LogP contribution in [0.1, 0.15) is 37.9 Å². The van der Waals surface area contributed by atoms with Crippen molar-refractivity contribution in [2.45, 2.75) is 52.4 Å². The second kappa shape index (κ2) is 8.47. The van der Waals surface area contributed by atoms with Gasteiger partial charge < -0.3 is 10.1 Å². The van der Waals surface area contributed by atoms with Gasteiger partial charge in [-0.25, -0.2) is 0 Å². The molecule has 2 rings (SSSR count). The minimum Gasteiger partial charge on any atom is -0.373 e. The highest BCUT2D eigenvalue weighted by Crippen LogP contribution is 2.11. The lowest BCUT2D eigenvalue weighted by Crippen LogP contribution is -2.45. The Labute approximate surface area is 128 Å². The van der Waals surface area contributed by atoms with E-state index in [1.807, 2.05) is 12.3 Å². The van der Waals surface area contributed by atoms with Crippen LogP contribution in [0, 0.1) is 6.92 Å². The number of unbranched alkanes of at least 4 members (excludes halogenated alkanes) is 1. The third-order valence-corrected chi connectivity index (χ3v) is 4.00. The van der Waals surface area contributed by atoms with Gasteiger partial charge >= 0.3 is 0 Å². The molecule has 0 bridgehead atoms. The number of pyridine rings is 1. The van der Waals surface area contributed by atoms with E-state index in [0.29, 0.717) is 12.2 Å². The van der Waals surface area contributed by atoms with Crippen LogP contribution in [0.25, 0.3) is 0 Å². The quantitative estimate of drug-likeness (QED) is 0.783. The summed E-state index contributed by atoms with van der Waals surface area (Å²) in [6, 6.07) is 4.15. The lowest BCUT2D eigenvalue weighted by Gasteiger charge is -2.35. The molecule has 0 aliphatic carbocycles. The van der Waals surface area contributed by atoms with Gasteiger partial charge in [0.25, 0.3) is 0 Å². The van der Waals surface area contributed by atoms with Crippen LogP contribution in [0.2, 0.25) is 0 Å². The zero-order valence-corrected chi connectivity index (χ0v) is 13.6. The zero-order chi connectivity index (χ0) is 15.1. The van der Waals surface area contributed by atoms with E-state index in [1.54, 1.807) is 0 Å². The summed E-state index contributed by atoms with van der Waals surface area (Å²) in [6.45, 7) is 11.7. The molecule has 4 nitrogen and oxygen atoms in total. The highest BCUT2D eigenvalue weighted by molar-refractivity contribution is 5.17. The summed E-state index contributed by atoms with van der Waals surface area (Å²) in [5.41, 5.74) is 2.43. The van der Waals surface area contributed by atoms with Crippen LogP contribution in [0.5, 0.6) is 0 Å². The molecule has 2 atom stereocenters. The van der Waals surface area contributed by atoms with E-state index in [2.05, 4.69) is 42.0 Å². The molecule has 1 fully saturated rings. The second-order valence-corrected chi connectivity index (χ2v) is 6.15. The number of hydrogen-bond donors (Lipinski definition) is 1. The molecule has 1 aromatic rings. The van der Waals surface area contributed by atoms with Gasteiger partial charge in [0, 0.05) is 31.5 Å². The van der Waals surface area contributed by atoms with Crippen molar-refractivity contribution in [2.24, 2.45) is 0 Å². The predicted octanol–water partition coefficient (Wildman–Crippen LogP) is 2.37. The normalized spacial score (nSPS) is 23.4. The number of ether oxygens (including phenoxy) is 1. The fourth-order valence-electron chi connectivity index (χ4n) is 2.98. The van der Waals surface area contributed by atoms with E-state index in [1.165, 1.54) is 24.9 Å². The first kappa shape index (κ1) is 16.4. The monoisotopic (exact) mass is 291 g/mol. The number of rotatable bonds is 7. The van der Waals surface area contributed by atoms with E-state index in [0.717, 1.165) is 31.9 Å². The molecule has 1 aliphatic rings. The smallest absolute Gasteiger partial charge is 0.0678 e. The minimum atomic E-state index is 0.375. The number of nitrogens with zero attached hydrogens (tertiary/aromatic N) is 2. The molecular formula is C17H29N3O. The average molecular weight is 291 g/mol. The van der Waals surface area contributed by atoms with Crippen LogP contribution in [-0.2, 0) is 11.3 Å². The Kier molecular flexibility index (Phi) is 6.61. The van der Waals surface area contributed by atoms with E-state index >= 15 is 0 Å². The predicted molar refractivity (Wildman–Crippen MR) is 86.4 cm³/mol. The summed E-state index contributed by atoms with van der Waals surface area (Å²) in [5, 5.41) is 3.51. The second-order valence-electron chi connectivity index (χ2n) is 6.15. The summed E-state index contributed by atoms with van der Waals surface area (Å²) < 4.78 is 5.76. The third kappa shape index (κ3) is 5.73. The average Bonchev–Trinajstić information content (AvgIpc) is 2.43. The first-order valence-corrected chi connectivity index (χ1v) is 8.14. The van der Waals surface area contributed by atoms with Gasteiger partial charge in [0.1, 0.15) is 0 Å². The number of hydrogen-bond acceptors (Lipinski definition) is 4. The van der Waals surface area contributed by atoms with Crippen molar-refractivity contribution in [2.75, 3.05) is 26.2 Å².